The van der Waals surface area contributed by atoms with E-state index in [0.29, 0.717) is 6.04 Å². The summed E-state index contributed by atoms with van der Waals surface area (Å²) in [5.41, 5.74) is 3.87. The molecule has 21 heavy (non-hydrogen) atoms. The second kappa shape index (κ2) is 7.84. The first-order chi connectivity index (χ1) is 10.2. The van der Waals surface area contributed by atoms with E-state index in [0.717, 1.165) is 25.3 Å². The van der Waals surface area contributed by atoms with Crippen molar-refractivity contribution >= 4 is 0 Å². The van der Waals surface area contributed by atoms with E-state index < -0.39 is 0 Å². The van der Waals surface area contributed by atoms with Gasteiger partial charge in [-0.1, -0.05) is 48.9 Å². The second-order valence-electron chi connectivity index (χ2n) is 5.51. The zero-order valence-corrected chi connectivity index (χ0v) is 13.2. The number of aryl methyl sites for hydroxylation is 1. The molecule has 112 valence electrons. The Kier molecular flexibility index (Phi) is 5.82. The van der Waals surface area contributed by atoms with Crippen molar-refractivity contribution in [2.75, 3.05) is 6.61 Å². The predicted octanol–water partition coefficient (Wildman–Crippen LogP) is 4.63. The molecule has 2 nitrogen and oxygen atoms in total. The van der Waals surface area contributed by atoms with Crippen LogP contribution in [0, 0.1) is 6.92 Å². The Balaban J connectivity index is 1.91. The highest BCUT2D eigenvalue weighted by molar-refractivity contribution is 5.29. The molecule has 2 aromatic carbocycles. The summed E-state index contributed by atoms with van der Waals surface area (Å²) in [5.74, 6) is 0.958. The van der Waals surface area contributed by atoms with E-state index in [1.54, 1.807) is 0 Å². The number of hydrogen-bond donors (Lipinski definition) is 1. The van der Waals surface area contributed by atoms with Gasteiger partial charge in [-0.3, -0.25) is 0 Å². The molecule has 0 spiro atoms. The summed E-state index contributed by atoms with van der Waals surface area (Å²) in [7, 11) is 0. The van der Waals surface area contributed by atoms with Gasteiger partial charge in [0.1, 0.15) is 5.75 Å². The van der Waals surface area contributed by atoms with Crippen molar-refractivity contribution in [3.63, 3.8) is 0 Å². The van der Waals surface area contributed by atoms with Gasteiger partial charge in [0.15, 0.2) is 0 Å². The second-order valence-corrected chi connectivity index (χ2v) is 5.51. The van der Waals surface area contributed by atoms with Gasteiger partial charge in [-0.2, -0.15) is 0 Å². The van der Waals surface area contributed by atoms with Crippen LogP contribution in [0.1, 0.15) is 43.0 Å². The van der Waals surface area contributed by atoms with Gasteiger partial charge in [-0.25, -0.2) is 0 Å². The lowest BCUT2D eigenvalue weighted by Gasteiger charge is -2.15. The molecule has 2 rings (SSSR count). The molecule has 0 fully saturated rings. The lowest BCUT2D eigenvalue weighted by molar-refractivity contribution is 0.317. The molecule has 0 saturated heterocycles. The third-order valence-electron chi connectivity index (χ3n) is 3.56. The molecule has 0 radical (unpaired) electrons. The smallest absolute Gasteiger partial charge is 0.119 e. The molecule has 0 heterocycles. The Morgan fingerprint density at radius 1 is 1.10 bits per heavy atom. The van der Waals surface area contributed by atoms with Gasteiger partial charge < -0.3 is 10.1 Å². The molecule has 2 aromatic rings. The van der Waals surface area contributed by atoms with Crippen molar-refractivity contribution in [2.24, 2.45) is 0 Å². The Bertz CT molecular complexity index is 548. The zero-order chi connectivity index (χ0) is 15.1. The lowest BCUT2D eigenvalue weighted by atomic mass is 10.1. The van der Waals surface area contributed by atoms with Gasteiger partial charge in [-0.05, 0) is 43.5 Å². The topological polar surface area (TPSA) is 21.3 Å². The van der Waals surface area contributed by atoms with Crippen LogP contribution < -0.4 is 10.1 Å². The number of nitrogens with one attached hydrogen (secondary N) is 1. The van der Waals surface area contributed by atoms with E-state index >= 15 is 0 Å². The third kappa shape index (κ3) is 4.91. The molecule has 0 unspecified atom stereocenters. The van der Waals surface area contributed by atoms with Crippen LogP contribution >= 0.6 is 0 Å². The summed E-state index contributed by atoms with van der Waals surface area (Å²) < 4.78 is 5.67. The van der Waals surface area contributed by atoms with Crippen LogP contribution in [-0.4, -0.2) is 6.61 Å². The largest absolute Gasteiger partial charge is 0.494 e. The molecule has 0 aliphatic heterocycles. The SMILES string of the molecule is CCCOc1cccc(CN[C@H](C)c2ccc(C)cc2)c1. The Labute approximate surface area is 128 Å². The van der Waals surface area contributed by atoms with Crippen molar-refractivity contribution in [2.45, 2.75) is 39.8 Å². The van der Waals surface area contributed by atoms with Gasteiger partial charge in [0.25, 0.3) is 0 Å². The number of hydrogen-bond acceptors (Lipinski definition) is 2. The summed E-state index contributed by atoms with van der Waals surface area (Å²) in [5, 5.41) is 3.56. The van der Waals surface area contributed by atoms with Gasteiger partial charge in [0.05, 0.1) is 6.61 Å². The van der Waals surface area contributed by atoms with Crippen LogP contribution in [0.2, 0.25) is 0 Å². The fourth-order valence-corrected chi connectivity index (χ4v) is 2.21. The minimum atomic E-state index is 0.339. The Morgan fingerprint density at radius 2 is 1.86 bits per heavy atom. The molecule has 0 bridgehead atoms. The number of ether oxygens (including phenoxy) is 1. The Hall–Kier alpha value is -1.80. The quantitative estimate of drug-likeness (QED) is 0.799. The highest BCUT2D eigenvalue weighted by atomic mass is 16.5. The zero-order valence-electron chi connectivity index (χ0n) is 13.2. The van der Waals surface area contributed by atoms with E-state index in [4.69, 9.17) is 4.74 Å². The molecule has 2 heteroatoms. The highest BCUT2D eigenvalue weighted by Crippen LogP contribution is 2.16. The fraction of sp³-hybridized carbons (Fsp3) is 0.368. The van der Waals surface area contributed by atoms with Crippen molar-refractivity contribution in [3.05, 3.63) is 65.2 Å². The number of benzene rings is 2. The molecule has 0 aromatic heterocycles. The Morgan fingerprint density at radius 3 is 2.57 bits per heavy atom. The van der Waals surface area contributed by atoms with Gasteiger partial charge in [0.2, 0.25) is 0 Å². The van der Waals surface area contributed by atoms with Crippen LogP contribution in [-0.2, 0) is 6.54 Å². The van der Waals surface area contributed by atoms with E-state index in [1.807, 2.05) is 6.07 Å². The van der Waals surface area contributed by atoms with E-state index in [2.05, 4.69) is 68.6 Å². The van der Waals surface area contributed by atoms with Crippen LogP contribution in [0.15, 0.2) is 48.5 Å². The van der Waals surface area contributed by atoms with Gasteiger partial charge >= 0.3 is 0 Å². The standard InChI is InChI=1S/C19H25NO/c1-4-12-21-19-7-5-6-17(13-19)14-20-16(3)18-10-8-15(2)9-11-18/h5-11,13,16,20H,4,12,14H2,1-3H3/t16-/m1/s1. The summed E-state index contributed by atoms with van der Waals surface area (Å²) >= 11 is 0. The molecule has 0 aliphatic rings. The van der Waals surface area contributed by atoms with Crippen LogP contribution in [0.5, 0.6) is 5.75 Å². The van der Waals surface area contributed by atoms with E-state index in [9.17, 15) is 0 Å². The molecule has 0 saturated carbocycles. The highest BCUT2D eigenvalue weighted by Gasteiger charge is 2.05. The van der Waals surface area contributed by atoms with Crippen molar-refractivity contribution < 1.29 is 4.74 Å². The van der Waals surface area contributed by atoms with Gasteiger partial charge in [-0.15, -0.1) is 0 Å². The first-order valence-electron chi connectivity index (χ1n) is 7.70. The van der Waals surface area contributed by atoms with Gasteiger partial charge in [0, 0.05) is 12.6 Å². The predicted molar refractivity (Wildman–Crippen MR) is 88.7 cm³/mol. The lowest BCUT2D eigenvalue weighted by Crippen LogP contribution is -2.18. The molecule has 0 amide bonds. The summed E-state index contributed by atoms with van der Waals surface area (Å²) in [4.78, 5) is 0. The van der Waals surface area contributed by atoms with E-state index in [-0.39, 0.29) is 0 Å². The first-order valence-corrected chi connectivity index (χ1v) is 7.70. The van der Waals surface area contributed by atoms with Crippen LogP contribution in [0.4, 0.5) is 0 Å². The third-order valence-corrected chi connectivity index (χ3v) is 3.56. The maximum absolute atomic E-state index is 5.67. The summed E-state index contributed by atoms with van der Waals surface area (Å²) in [6.45, 7) is 8.05. The normalized spacial score (nSPS) is 12.1. The molecule has 1 N–H and O–H groups in total. The molecular formula is C19H25NO. The minimum absolute atomic E-state index is 0.339. The fourth-order valence-electron chi connectivity index (χ4n) is 2.21. The molecular weight excluding hydrogens is 258 g/mol. The monoisotopic (exact) mass is 283 g/mol. The average molecular weight is 283 g/mol. The first kappa shape index (κ1) is 15.6. The minimum Gasteiger partial charge on any atom is -0.494 e. The maximum Gasteiger partial charge on any atom is 0.119 e. The maximum atomic E-state index is 5.67. The average Bonchev–Trinajstić information content (AvgIpc) is 2.52. The summed E-state index contributed by atoms with van der Waals surface area (Å²) in [6, 6.07) is 17.4. The molecule has 1 atom stereocenters. The van der Waals surface area contributed by atoms with Crippen molar-refractivity contribution in [3.8, 4) is 5.75 Å². The summed E-state index contributed by atoms with van der Waals surface area (Å²) in [6.07, 6.45) is 1.03. The van der Waals surface area contributed by atoms with Crippen LogP contribution in [0.3, 0.4) is 0 Å². The van der Waals surface area contributed by atoms with E-state index in [1.165, 1.54) is 16.7 Å². The molecule has 0 aliphatic carbocycles. The van der Waals surface area contributed by atoms with Crippen molar-refractivity contribution in [1.29, 1.82) is 0 Å². The van der Waals surface area contributed by atoms with Crippen LogP contribution in [0.25, 0.3) is 0 Å². The number of rotatable bonds is 7. The van der Waals surface area contributed by atoms with Crippen molar-refractivity contribution in [1.82, 2.24) is 5.32 Å².